The summed E-state index contributed by atoms with van der Waals surface area (Å²) in [5, 5.41) is 7.30. The Labute approximate surface area is 102 Å². The van der Waals surface area contributed by atoms with Crippen LogP contribution in [0.1, 0.15) is 51.4 Å². The third-order valence-electron chi connectivity index (χ3n) is 2.13. The van der Waals surface area contributed by atoms with E-state index in [1.165, 1.54) is 6.42 Å². The summed E-state index contributed by atoms with van der Waals surface area (Å²) in [5.74, 6) is 3.49. The van der Waals surface area contributed by atoms with Gasteiger partial charge in [0, 0.05) is 0 Å². The molecule has 0 aliphatic rings. The molecule has 0 spiro atoms. The van der Waals surface area contributed by atoms with Crippen molar-refractivity contribution in [1.29, 1.82) is 0 Å². The van der Waals surface area contributed by atoms with E-state index in [1.807, 2.05) is 18.7 Å². The molecule has 1 rings (SSSR count). The lowest BCUT2D eigenvalue weighted by Gasteiger charge is -2.06. The Kier molecular flexibility index (Phi) is 6.49. The van der Waals surface area contributed by atoms with Crippen LogP contribution < -0.4 is 5.32 Å². The molecule has 0 aromatic carbocycles. The minimum atomic E-state index is 0.150. The Bertz CT molecular complexity index is 291. The highest BCUT2D eigenvalue weighted by Gasteiger charge is 2.12. The molecule has 1 atom stereocenters. The summed E-state index contributed by atoms with van der Waals surface area (Å²) in [6.45, 7) is 7.33. The highest BCUT2D eigenvalue weighted by molar-refractivity contribution is 7.98. The molecule has 0 saturated heterocycles. The fourth-order valence-electron chi connectivity index (χ4n) is 1.26. The molecule has 4 nitrogen and oxygen atoms in total. The van der Waals surface area contributed by atoms with E-state index in [4.69, 9.17) is 4.52 Å². The maximum Gasteiger partial charge on any atom is 0.243 e. The first-order chi connectivity index (χ1) is 7.77. The van der Waals surface area contributed by atoms with Crippen molar-refractivity contribution in [3.63, 3.8) is 0 Å². The van der Waals surface area contributed by atoms with Gasteiger partial charge in [0.15, 0.2) is 5.82 Å². The SMILES string of the molecule is CCCNC(C)c1nc(CSCCC)no1. The number of nitrogens with one attached hydrogen (secondary N) is 1. The lowest BCUT2D eigenvalue weighted by atomic mass is 10.3. The summed E-state index contributed by atoms with van der Waals surface area (Å²) in [6, 6.07) is 0.150. The second-order valence-corrected chi connectivity index (χ2v) is 4.88. The summed E-state index contributed by atoms with van der Waals surface area (Å²) in [6.07, 6.45) is 2.29. The van der Waals surface area contributed by atoms with Gasteiger partial charge < -0.3 is 9.84 Å². The molecule has 1 aromatic heterocycles. The van der Waals surface area contributed by atoms with Crippen molar-refractivity contribution in [3.8, 4) is 0 Å². The maximum absolute atomic E-state index is 5.22. The highest BCUT2D eigenvalue weighted by atomic mass is 32.2. The molecule has 5 heteroatoms. The van der Waals surface area contributed by atoms with Gasteiger partial charge in [0.05, 0.1) is 11.8 Å². The molecule has 1 unspecified atom stereocenters. The lowest BCUT2D eigenvalue weighted by molar-refractivity contribution is 0.337. The molecule has 16 heavy (non-hydrogen) atoms. The van der Waals surface area contributed by atoms with Gasteiger partial charge in [-0.25, -0.2) is 0 Å². The Morgan fingerprint density at radius 1 is 1.38 bits per heavy atom. The molecule has 1 aromatic rings. The van der Waals surface area contributed by atoms with E-state index in [2.05, 4.69) is 29.3 Å². The molecule has 0 radical (unpaired) electrons. The molecule has 0 aliphatic carbocycles. The Balaban J connectivity index is 2.37. The number of hydrogen-bond acceptors (Lipinski definition) is 5. The molecule has 0 bridgehead atoms. The number of aromatic nitrogens is 2. The van der Waals surface area contributed by atoms with E-state index in [0.717, 1.165) is 30.3 Å². The van der Waals surface area contributed by atoms with E-state index in [0.29, 0.717) is 5.89 Å². The summed E-state index contributed by atoms with van der Waals surface area (Å²) < 4.78 is 5.22. The second kappa shape index (κ2) is 7.68. The summed E-state index contributed by atoms with van der Waals surface area (Å²) in [5.41, 5.74) is 0. The first kappa shape index (κ1) is 13.5. The normalized spacial score (nSPS) is 12.9. The molecular weight excluding hydrogens is 222 g/mol. The van der Waals surface area contributed by atoms with Crippen LogP contribution in [-0.2, 0) is 5.75 Å². The Hall–Kier alpha value is -0.550. The fraction of sp³-hybridized carbons (Fsp3) is 0.818. The van der Waals surface area contributed by atoms with Crippen molar-refractivity contribution in [3.05, 3.63) is 11.7 Å². The van der Waals surface area contributed by atoms with Crippen molar-refractivity contribution in [2.75, 3.05) is 12.3 Å². The minimum absolute atomic E-state index is 0.150. The van der Waals surface area contributed by atoms with Crippen LogP contribution in [0.15, 0.2) is 4.52 Å². The number of nitrogens with zero attached hydrogens (tertiary/aromatic N) is 2. The van der Waals surface area contributed by atoms with Gasteiger partial charge >= 0.3 is 0 Å². The minimum Gasteiger partial charge on any atom is -0.338 e. The van der Waals surface area contributed by atoms with Crippen molar-refractivity contribution >= 4 is 11.8 Å². The number of thioether (sulfide) groups is 1. The van der Waals surface area contributed by atoms with E-state index >= 15 is 0 Å². The van der Waals surface area contributed by atoms with Gasteiger partial charge in [0.2, 0.25) is 5.89 Å². The predicted molar refractivity (Wildman–Crippen MR) is 67.5 cm³/mol. The van der Waals surface area contributed by atoms with E-state index in [9.17, 15) is 0 Å². The standard InChI is InChI=1S/C11H21N3OS/c1-4-6-12-9(3)11-13-10(14-15-11)8-16-7-5-2/h9,12H,4-8H2,1-3H3. The zero-order chi connectivity index (χ0) is 11.8. The van der Waals surface area contributed by atoms with Crippen molar-refractivity contribution in [2.45, 2.75) is 45.4 Å². The summed E-state index contributed by atoms with van der Waals surface area (Å²) >= 11 is 1.84. The van der Waals surface area contributed by atoms with E-state index in [1.54, 1.807) is 0 Å². The molecule has 1 heterocycles. The Morgan fingerprint density at radius 3 is 2.88 bits per heavy atom. The number of hydrogen-bond donors (Lipinski definition) is 1. The van der Waals surface area contributed by atoms with Gasteiger partial charge in [-0.05, 0) is 32.1 Å². The van der Waals surface area contributed by atoms with Crippen molar-refractivity contribution < 1.29 is 4.52 Å². The van der Waals surface area contributed by atoms with Crippen LogP contribution >= 0.6 is 11.8 Å². The van der Waals surface area contributed by atoms with Crippen LogP contribution in [0.4, 0.5) is 0 Å². The van der Waals surface area contributed by atoms with Crippen LogP contribution in [0.3, 0.4) is 0 Å². The summed E-state index contributed by atoms with van der Waals surface area (Å²) in [7, 11) is 0. The summed E-state index contributed by atoms with van der Waals surface area (Å²) in [4.78, 5) is 4.37. The third kappa shape index (κ3) is 4.53. The van der Waals surface area contributed by atoms with Gasteiger partial charge in [-0.15, -0.1) is 0 Å². The van der Waals surface area contributed by atoms with Crippen LogP contribution in [0, 0.1) is 0 Å². The van der Waals surface area contributed by atoms with E-state index < -0.39 is 0 Å². The number of rotatable bonds is 8. The van der Waals surface area contributed by atoms with Crippen LogP contribution in [-0.4, -0.2) is 22.4 Å². The smallest absolute Gasteiger partial charge is 0.243 e. The van der Waals surface area contributed by atoms with Crippen LogP contribution in [0.25, 0.3) is 0 Å². The first-order valence-corrected chi connectivity index (χ1v) is 7.07. The zero-order valence-corrected chi connectivity index (χ0v) is 11.1. The van der Waals surface area contributed by atoms with Crippen molar-refractivity contribution in [1.82, 2.24) is 15.5 Å². The lowest BCUT2D eigenvalue weighted by Crippen LogP contribution is -2.19. The monoisotopic (exact) mass is 243 g/mol. The van der Waals surface area contributed by atoms with Gasteiger partial charge in [-0.3, -0.25) is 0 Å². The predicted octanol–water partition coefficient (Wildman–Crippen LogP) is 2.77. The Morgan fingerprint density at radius 2 is 2.19 bits per heavy atom. The van der Waals surface area contributed by atoms with Crippen molar-refractivity contribution in [2.24, 2.45) is 0 Å². The molecule has 0 amide bonds. The van der Waals surface area contributed by atoms with Gasteiger partial charge in [0.25, 0.3) is 0 Å². The maximum atomic E-state index is 5.22. The quantitative estimate of drug-likeness (QED) is 0.711. The molecule has 92 valence electrons. The molecule has 0 fully saturated rings. The first-order valence-electron chi connectivity index (χ1n) is 5.91. The van der Waals surface area contributed by atoms with Gasteiger partial charge in [0.1, 0.15) is 0 Å². The zero-order valence-electron chi connectivity index (χ0n) is 10.3. The topological polar surface area (TPSA) is 51.0 Å². The third-order valence-corrected chi connectivity index (χ3v) is 3.29. The van der Waals surface area contributed by atoms with Gasteiger partial charge in [-0.2, -0.15) is 16.7 Å². The fourth-order valence-corrected chi connectivity index (χ4v) is 1.99. The molecule has 0 saturated carbocycles. The molecular formula is C11H21N3OS. The average molecular weight is 243 g/mol. The molecule has 1 N–H and O–H groups in total. The average Bonchev–Trinajstić information content (AvgIpc) is 2.75. The largest absolute Gasteiger partial charge is 0.338 e. The highest BCUT2D eigenvalue weighted by Crippen LogP contribution is 2.14. The van der Waals surface area contributed by atoms with E-state index in [-0.39, 0.29) is 6.04 Å². The van der Waals surface area contributed by atoms with Crippen LogP contribution in [0.5, 0.6) is 0 Å². The van der Waals surface area contributed by atoms with Gasteiger partial charge in [-0.1, -0.05) is 19.0 Å². The second-order valence-electron chi connectivity index (χ2n) is 3.78. The van der Waals surface area contributed by atoms with Crippen LogP contribution in [0.2, 0.25) is 0 Å². The molecule has 0 aliphatic heterocycles.